The van der Waals surface area contributed by atoms with Crippen molar-refractivity contribution < 1.29 is 12.8 Å². The van der Waals surface area contributed by atoms with E-state index in [-0.39, 0.29) is 11.7 Å². The van der Waals surface area contributed by atoms with Crippen molar-refractivity contribution in [1.82, 2.24) is 0 Å². The van der Waals surface area contributed by atoms with Crippen molar-refractivity contribution >= 4 is 0 Å². The van der Waals surface area contributed by atoms with Gasteiger partial charge in [0.15, 0.2) is 6.17 Å². The predicted octanol–water partition coefficient (Wildman–Crippen LogP) is 4.38. The number of aryl methyl sites for hydroxylation is 2. The summed E-state index contributed by atoms with van der Waals surface area (Å²) in [6, 6.07) is 8.27. The summed E-state index contributed by atoms with van der Waals surface area (Å²) in [5.74, 6) is 0. The molecule has 1 heteroatoms. The zero-order chi connectivity index (χ0) is 20.1. The zero-order valence-corrected chi connectivity index (χ0v) is 12.8. The first kappa shape index (κ1) is 8.61. The Labute approximate surface area is 131 Å². The molecule has 0 aliphatic rings. The molecule has 0 amide bonds. The molecule has 1 heterocycles. The number of rotatable bonds is 2. The number of aromatic nitrogens is 1. The fraction of sp³-hybridized carbons (Fsp3) is 0.421. The van der Waals surface area contributed by atoms with Gasteiger partial charge in [-0.2, -0.15) is 0 Å². The van der Waals surface area contributed by atoms with Crippen molar-refractivity contribution in [3.05, 3.63) is 53.2 Å². The van der Waals surface area contributed by atoms with Crippen molar-refractivity contribution in [2.75, 3.05) is 0 Å². The highest BCUT2D eigenvalue weighted by Crippen LogP contribution is 2.25. The molecule has 1 nitrogen and oxygen atoms in total. The van der Waals surface area contributed by atoms with Crippen LogP contribution in [0.15, 0.2) is 36.5 Å². The summed E-state index contributed by atoms with van der Waals surface area (Å²) in [6.07, 6.45) is -1.41. The van der Waals surface area contributed by atoms with Crippen molar-refractivity contribution in [3.8, 4) is 11.3 Å². The maximum atomic E-state index is 8.51. The molecule has 0 bridgehead atoms. The second-order valence-electron chi connectivity index (χ2n) is 6.22. The van der Waals surface area contributed by atoms with Gasteiger partial charge < -0.3 is 0 Å². The monoisotopic (exact) mass is 274 g/mol. The van der Waals surface area contributed by atoms with E-state index in [1.807, 2.05) is 27.7 Å². The minimum Gasteiger partial charge on any atom is -0.201 e. The normalized spacial score (nSPS) is 17.4. The van der Waals surface area contributed by atoms with Gasteiger partial charge in [-0.1, -0.05) is 38.5 Å². The molecule has 0 spiro atoms. The molecule has 106 valence electrons. The topological polar surface area (TPSA) is 3.88 Å². The van der Waals surface area contributed by atoms with Crippen molar-refractivity contribution in [3.63, 3.8) is 0 Å². The van der Waals surface area contributed by atoms with E-state index in [0.717, 1.165) is 11.1 Å². The number of pyridine rings is 1. The van der Waals surface area contributed by atoms with Crippen molar-refractivity contribution in [2.45, 2.75) is 40.9 Å². The summed E-state index contributed by atoms with van der Waals surface area (Å²) in [5.41, 5.74) is 2.35. The minimum absolute atomic E-state index is 0.199. The first-order valence-electron chi connectivity index (χ1n) is 9.79. The average molecular weight is 274 g/mol. The van der Waals surface area contributed by atoms with E-state index in [4.69, 9.17) is 8.22 Å². The third-order valence-corrected chi connectivity index (χ3v) is 3.09. The standard InChI is InChI=1S/C19H26N/c1-14-7-8-17(15(2)11-14)18-12-16(9-10-20(18)6)13-19(3,4)5/h7-12H,13H2,1-6H3/q+1/i1D3,10D,13D2. The van der Waals surface area contributed by atoms with Gasteiger partial charge in [-0.3, -0.25) is 0 Å². The Balaban J connectivity index is 2.68. The van der Waals surface area contributed by atoms with Gasteiger partial charge in [0.1, 0.15) is 8.42 Å². The Bertz CT molecular complexity index is 831. The fourth-order valence-corrected chi connectivity index (χ4v) is 2.24. The molecule has 0 saturated carbocycles. The van der Waals surface area contributed by atoms with Crippen LogP contribution >= 0.6 is 0 Å². The molecule has 0 saturated heterocycles. The largest absolute Gasteiger partial charge is 0.212 e. The lowest BCUT2D eigenvalue weighted by atomic mass is 9.88. The molecule has 0 aliphatic heterocycles. The Hall–Kier alpha value is -1.63. The highest BCUT2D eigenvalue weighted by atomic mass is 14.9. The summed E-state index contributed by atoms with van der Waals surface area (Å²) in [5, 5.41) is 0. The van der Waals surface area contributed by atoms with E-state index in [1.165, 1.54) is 0 Å². The van der Waals surface area contributed by atoms with E-state index in [0.29, 0.717) is 11.3 Å². The van der Waals surface area contributed by atoms with Gasteiger partial charge >= 0.3 is 0 Å². The molecule has 0 radical (unpaired) electrons. The van der Waals surface area contributed by atoms with Crippen LogP contribution in [-0.4, -0.2) is 0 Å². The van der Waals surface area contributed by atoms with Crippen LogP contribution in [0.1, 0.15) is 45.7 Å². The van der Waals surface area contributed by atoms with Crippen LogP contribution in [-0.2, 0) is 13.4 Å². The molecule has 1 aromatic heterocycles. The number of hydrogen-bond acceptors (Lipinski definition) is 0. The van der Waals surface area contributed by atoms with Gasteiger partial charge in [0.2, 0.25) is 5.69 Å². The highest BCUT2D eigenvalue weighted by Gasteiger charge is 2.17. The quantitative estimate of drug-likeness (QED) is 0.715. The molecule has 1 aromatic carbocycles. The molecule has 2 rings (SSSR count). The molecule has 0 unspecified atom stereocenters. The van der Waals surface area contributed by atoms with Crippen molar-refractivity contribution in [2.24, 2.45) is 12.5 Å². The minimum atomic E-state index is -2.17. The van der Waals surface area contributed by atoms with Crippen LogP contribution in [0, 0.1) is 19.2 Å². The molecular weight excluding hydrogens is 242 g/mol. The summed E-state index contributed by atoms with van der Waals surface area (Å²) in [6.45, 7) is 5.16. The zero-order valence-electron chi connectivity index (χ0n) is 18.8. The van der Waals surface area contributed by atoms with Crippen LogP contribution in [0.5, 0.6) is 0 Å². The van der Waals surface area contributed by atoms with E-state index in [1.54, 1.807) is 41.9 Å². The van der Waals surface area contributed by atoms with E-state index in [2.05, 4.69) is 0 Å². The molecule has 0 aliphatic carbocycles. The molecule has 0 atom stereocenters. The van der Waals surface area contributed by atoms with E-state index in [9.17, 15) is 0 Å². The Morgan fingerprint density at radius 2 is 2.00 bits per heavy atom. The molecular formula is C19H26N+. The summed E-state index contributed by atoms with van der Waals surface area (Å²) < 4.78 is 49.6. The maximum Gasteiger partial charge on any atom is 0.212 e. The van der Waals surface area contributed by atoms with Gasteiger partial charge in [-0.05, 0) is 42.8 Å². The highest BCUT2D eigenvalue weighted by molar-refractivity contribution is 5.62. The second kappa shape index (κ2) is 5.40. The second-order valence-corrected chi connectivity index (χ2v) is 6.22. The fourth-order valence-electron chi connectivity index (χ4n) is 2.24. The van der Waals surface area contributed by atoms with Crippen LogP contribution in [0.3, 0.4) is 0 Å². The van der Waals surface area contributed by atoms with Gasteiger partial charge in [0.25, 0.3) is 0 Å². The number of hydrogen-bond donors (Lipinski definition) is 0. The van der Waals surface area contributed by atoms with Crippen LogP contribution < -0.4 is 4.57 Å². The first-order valence-corrected chi connectivity index (χ1v) is 6.79. The summed E-state index contributed by atoms with van der Waals surface area (Å²) >= 11 is 0. The van der Waals surface area contributed by atoms with E-state index < -0.39 is 18.6 Å². The van der Waals surface area contributed by atoms with Crippen molar-refractivity contribution in [1.29, 1.82) is 0 Å². The van der Waals surface area contributed by atoms with Crippen LogP contribution in [0.4, 0.5) is 0 Å². The average Bonchev–Trinajstić information content (AvgIpc) is 2.48. The lowest BCUT2D eigenvalue weighted by Crippen LogP contribution is -2.31. The Kier molecular flexibility index (Phi) is 2.32. The third kappa shape index (κ3) is 3.47. The summed E-state index contributed by atoms with van der Waals surface area (Å²) in [7, 11) is 1.76. The molecule has 0 N–H and O–H groups in total. The number of benzene rings is 1. The van der Waals surface area contributed by atoms with Gasteiger partial charge in [-0.25, -0.2) is 4.57 Å². The predicted molar refractivity (Wildman–Crippen MR) is 85.7 cm³/mol. The smallest absolute Gasteiger partial charge is 0.201 e. The molecule has 2 aromatic rings. The Morgan fingerprint density at radius 3 is 2.60 bits per heavy atom. The Morgan fingerprint density at radius 1 is 1.25 bits per heavy atom. The number of nitrogens with zero attached hydrogens (tertiary/aromatic N) is 1. The molecule has 20 heavy (non-hydrogen) atoms. The van der Waals surface area contributed by atoms with Crippen LogP contribution in [0.2, 0.25) is 0 Å². The van der Waals surface area contributed by atoms with Crippen LogP contribution in [0.25, 0.3) is 11.3 Å². The van der Waals surface area contributed by atoms with Gasteiger partial charge in [0.05, 0.1) is 0 Å². The summed E-state index contributed by atoms with van der Waals surface area (Å²) in [4.78, 5) is 0. The third-order valence-electron chi connectivity index (χ3n) is 3.09. The van der Waals surface area contributed by atoms with Gasteiger partial charge in [-0.15, -0.1) is 0 Å². The lowest BCUT2D eigenvalue weighted by Gasteiger charge is -2.18. The maximum absolute atomic E-state index is 8.51. The lowest BCUT2D eigenvalue weighted by molar-refractivity contribution is -0.660. The first-order chi connectivity index (χ1) is 11.7. The molecule has 0 fully saturated rings. The SMILES string of the molecule is [2H]c1cc(C([2H])([2H])C(C)(C)C)cc(-c2ccc(C([2H])([2H])[2H])cc2C)[n+]1C. The van der Waals surface area contributed by atoms with E-state index >= 15 is 0 Å². The van der Waals surface area contributed by atoms with Gasteiger partial charge in [0, 0.05) is 24.5 Å².